The van der Waals surface area contributed by atoms with E-state index in [1.54, 1.807) is 0 Å². The molecule has 162 valence electrons. The molecule has 1 amide bonds. The fraction of sp³-hybridized carbons (Fsp3) is 0.360. The van der Waals surface area contributed by atoms with Gasteiger partial charge in [-0.3, -0.25) is 14.5 Å². The second-order valence-corrected chi connectivity index (χ2v) is 9.18. The van der Waals surface area contributed by atoms with Crippen molar-refractivity contribution in [2.24, 2.45) is 7.05 Å². The van der Waals surface area contributed by atoms with Crippen molar-refractivity contribution in [1.82, 2.24) is 29.2 Å². The molecule has 1 aromatic carbocycles. The molecule has 1 atom stereocenters. The van der Waals surface area contributed by atoms with Crippen LogP contribution in [-0.4, -0.2) is 42.2 Å². The molecule has 1 aliphatic heterocycles. The van der Waals surface area contributed by atoms with Gasteiger partial charge < -0.3 is 9.47 Å². The molecule has 6 rings (SSSR count). The summed E-state index contributed by atoms with van der Waals surface area (Å²) in [5.74, 6) is 1.69. The Kier molecular flexibility index (Phi) is 4.06. The molecule has 0 radical (unpaired) electrons. The fourth-order valence-electron chi connectivity index (χ4n) is 5.02. The predicted molar refractivity (Wildman–Crippen MR) is 123 cm³/mol. The number of aryl methyl sites for hydroxylation is 2. The number of amides is 1. The minimum Gasteiger partial charge on any atom is -0.338 e. The van der Waals surface area contributed by atoms with Crippen LogP contribution in [-0.2, 0) is 18.4 Å². The molecule has 4 heterocycles. The van der Waals surface area contributed by atoms with Crippen molar-refractivity contribution < 1.29 is 4.79 Å². The second-order valence-electron chi connectivity index (χ2n) is 9.18. The minimum atomic E-state index is -0.214. The Morgan fingerprint density at radius 3 is 2.66 bits per heavy atom. The standard InChI is InChI=1S/C25H26N6O/c1-14-20(12-30(4)28-14)21-10-17-6-5-7-18(19(17)11-26-21)23-22-13-29(3)25(32)15(2)31(22)24(27-23)16-8-9-16/h5-7,10-12,15-16H,8-9,13H2,1-4H3/t15-/m0/s1. The first kappa shape index (κ1) is 19.2. The Morgan fingerprint density at radius 1 is 1.12 bits per heavy atom. The van der Waals surface area contributed by atoms with Gasteiger partial charge in [-0.1, -0.05) is 18.2 Å². The van der Waals surface area contributed by atoms with E-state index < -0.39 is 0 Å². The van der Waals surface area contributed by atoms with Crippen molar-refractivity contribution in [1.29, 1.82) is 0 Å². The Hall–Kier alpha value is -3.48. The van der Waals surface area contributed by atoms with E-state index in [-0.39, 0.29) is 11.9 Å². The predicted octanol–water partition coefficient (Wildman–Crippen LogP) is 4.22. The number of hydrogen-bond donors (Lipinski definition) is 0. The van der Waals surface area contributed by atoms with E-state index in [1.807, 2.05) is 49.9 Å². The van der Waals surface area contributed by atoms with Crippen LogP contribution in [0.15, 0.2) is 36.7 Å². The van der Waals surface area contributed by atoms with Crippen molar-refractivity contribution in [3.05, 3.63) is 53.9 Å². The Balaban J connectivity index is 1.53. The number of likely N-dealkylation sites (N-methyl/N-ethyl adjacent to an activating group) is 1. The third-order valence-electron chi connectivity index (χ3n) is 6.80. The number of benzene rings is 1. The molecule has 2 aliphatic rings. The molecular weight excluding hydrogens is 400 g/mol. The lowest BCUT2D eigenvalue weighted by atomic mass is 10.00. The number of carbonyl (C=O) groups excluding carboxylic acids is 1. The van der Waals surface area contributed by atoms with Gasteiger partial charge in [-0.15, -0.1) is 0 Å². The molecule has 3 aromatic heterocycles. The highest BCUT2D eigenvalue weighted by Crippen LogP contribution is 2.45. The molecular formula is C25H26N6O. The topological polar surface area (TPSA) is 68.8 Å². The van der Waals surface area contributed by atoms with Gasteiger partial charge in [-0.2, -0.15) is 5.10 Å². The Bertz CT molecular complexity index is 1390. The van der Waals surface area contributed by atoms with Crippen LogP contribution in [0.1, 0.15) is 48.9 Å². The summed E-state index contributed by atoms with van der Waals surface area (Å²) in [6, 6.07) is 8.25. The maximum Gasteiger partial charge on any atom is 0.245 e. The first-order valence-electron chi connectivity index (χ1n) is 11.2. The molecule has 7 heteroatoms. The van der Waals surface area contributed by atoms with Crippen LogP contribution in [0.2, 0.25) is 0 Å². The number of rotatable bonds is 3. The molecule has 0 unspecified atom stereocenters. The lowest BCUT2D eigenvalue weighted by Crippen LogP contribution is -2.39. The van der Waals surface area contributed by atoms with Gasteiger partial charge >= 0.3 is 0 Å². The van der Waals surface area contributed by atoms with Crippen molar-refractivity contribution >= 4 is 16.7 Å². The third-order valence-corrected chi connectivity index (χ3v) is 6.80. The summed E-state index contributed by atoms with van der Waals surface area (Å²) >= 11 is 0. The average Bonchev–Trinajstić information content (AvgIpc) is 3.47. The van der Waals surface area contributed by atoms with Crippen LogP contribution in [0, 0.1) is 6.92 Å². The van der Waals surface area contributed by atoms with Crippen molar-refractivity contribution in [3.8, 4) is 22.5 Å². The molecule has 7 nitrogen and oxygen atoms in total. The van der Waals surface area contributed by atoms with Gasteiger partial charge in [-0.25, -0.2) is 4.98 Å². The number of imidazole rings is 1. The van der Waals surface area contributed by atoms with E-state index in [2.05, 4.69) is 33.9 Å². The fourth-order valence-corrected chi connectivity index (χ4v) is 5.02. The second kappa shape index (κ2) is 6.76. The molecule has 1 aliphatic carbocycles. The summed E-state index contributed by atoms with van der Waals surface area (Å²) in [5.41, 5.74) is 6.12. The van der Waals surface area contributed by atoms with E-state index in [9.17, 15) is 4.79 Å². The summed E-state index contributed by atoms with van der Waals surface area (Å²) < 4.78 is 4.03. The summed E-state index contributed by atoms with van der Waals surface area (Å²) in [6.07, 6.45) is 6.26. The molecule has 0 N–H and O–H groups in total. The minimum absolute atomic E-state index is 0.152. The number of nitrogens with zero attached hydrogens (tertiary/aromatic N) is 6. The van der Waals surface area contributed by atoms with Crippen molar-refractivity contribution in [2.45, 2.75) is 45.2 Å². The highest BCUT2D eigenvalue weighted by molar-refractivity contribution is 5.97. The number of fused-ring (bicyclic) bond motifs is 2. The lowest BCUT2D eigenvalue weighted by Gasteiger charge is -2.31. The maximum absolute atomic E-state index is 12.7. The van der Waals surface area contributed by atoms with Gasteiger partial charge in [0.05, 0.1) is 29.3 Å². The van der Waals surface area contributed by atoms with Crippen molar-refractivity contribution in [2.75, 3.05) is 7.05 Å². The highest BCUT2D eigenvalue weighted by Gasteiger charge is 2.38. The zero-order chi connectivity index (χ0) is 22.1. The highest BCUT2D eigenvalue weighted by atomic mass is 16.2. The summed E-state index contributed by atoms with van der Waals surface area (Å²) in [6.45, 7) is 4.58. The zero-order valence-corrected chi connectivity index (χ0v) is 18.8. The molecule has 0 saturated heterocycles. The monoisotopic (exact) mass is 426 g/mol. The largest absolute Gasteiger partial charge is 0.338 e. The summed E-state index contributed by atoms with van der Waals surface area (Å²) in [4.78, 5) is 24.4. The molecule has 1 saturated carbocycles. The molecule has 32 heavy (non-hydrogen) atoms. The van der Waals surface area contributed by atoms with Crippen LogP contribution in [0.5, 0.6) is 0 Å². The van der Waals surface area contributed by atoms with Crippen molar-refractivity contribution in [3.63, 3.8) is 0 Å². The third kappa shape index (κ3) is 2.80. The number of aromatic nitrogens is 5. The van der Waals surface area contributed by atoms with Gasteiger partial charge in [0.2, 0.25) is 5.91 Å². The van der Waals surface area contributed by atoms with Gasteiger partial charge in [-0.05, 0) is 38.1 Å². The Labute approximate surface area is 186 Å². The van der Waals surface area contributed by atoms with Crippen LogP contribution in [0.4, 0.5) is 0 Å². The molecule has 4 aromatic rings. The summed E-state index contributed by atoms with van der Waals surface area (Å²) in [7, 11) is 3.81. The van der Waals surface area contributed by atoms with Gasteiger partial charge in [0.15, 0.2) is 0 Å². The van der Waals surface area contributed by atoms with Crippen LogP contribution in [0.3, 0.4) is 0 Å². The van der Waals surface area contributed by atoms with E-state index in [4.69, 9.17) is 9.97 Å². The Morgan fingerprint density at radius 2 is 1.94 bits per heavy atom. The quantitative estimate of drug-likeness (QED) is 0.492. The van der Waals surface area contributed by atoms with E-state index in [1.165, 1.54) is 0 Å². The van der Waals surface area contributed by atoms with E-state index in [0.717, 1.165) is 63.3 Å². The molecule has 1 fully saturated rings. The van der Waals surface area contributed by atoms with Crippen LogP contribution in [0.25, 0.3) is 33.3 Å². The number of pyridine rings is 1. The average molecular weight is 427 g/mol. The summed E-state index contributed by atoms with van der Waals surface area (Å²) in [5, 5.41) is 6.66. The number of carbonyl (C=O) groups is 1. The zero-order valence-electron chi connectivity index (χ0n) is 18.8. The van der Waals surface area contributed by atoms with E-state index >= 15 is 0 Å². The van der Waals surface area contributed by atoms with E-state index in [0.29, 0.717) is 12.5 Å². The van der Waals surface area contributed by atoms with Crippen LogP contribution >= 0.6 is 0 Å². The van der Waals surface area contributed by atoms with Gasteiger partial charge in [0.1, 0.15) is 11.9 Å². The van der Waals surface area contributed by atoms with Gasteiger partial charge in [0, 0.05) is 48.9 Å². The smallest absolute Gasteiger partial charge is 0.245 e. The molecule has 0 spiro atoms. The lowest BCUT2D eigenvalue weighted by molar-refractivity contribution is -0.135. The maximum atomic E-state index is 12.7. The molecule has 0 bridgehead atoms. The van der Waals surface area contributed by atoms with Gasteiger partial charge in [0.25, 0.3) is 0 Å². The van der Waals surface area contributed by atoms with Crippen LogP contribution < -0.4 is 0 Å². The SMILES string of the molecule is Cc1nn(C)cc1-c1cc2cccc(-c3nc(C4CC4)n4c3CN(C)C(=O)[C@@H]4C)c2cn1. The normalized spacial score (nSPS) is 18.4. The first-order valence-corrected chi connectivity index (χ1v) is 11.2. The first-order chi connectivity index (χ1) is 15.4. The number of hydrogen-bond acceptors (Lipinski definition) is 4.